The SMILES string of the molecule is O=C(Nc1cccc(-c2cc3ccccc3[nH]2)c1)C1CCN(C(=O)[C@@H]2CCCO2)CC1. The summed E-state index contributed by atoms with van der Waals surface area (Å²) in [4.78, 5) is 30.6. The van der Waals surface area contributed by atoms with Gasteiger partial charge in [0.2, 0.25) is 5.91 Å². The number of carbonyl (C=O) groups excluding carboxylic acids is 2. The van der Waals surface area contributed by atoms with Crippen LogP contribution in [0.15, 0.2) is 54.6 Å². The molecular weight excluding hydrogens is 390 g/mol. The summed E-state index contributed by atoms with van der Waals surface area (Å²) in [7, 11) is 0. The number of nitrogens with zero attached hydrogens (tertiary/aromatic N) is 1. The number of fused-ring (bicyclic) bond motifs is 1. The fourth-order valence-corrected chi connectivity index (χ4v) is 4.58. The van der Waals surface area contributed by atoms with Crippen molar-refractivity contribution in [3.05, 3.63) is 54.6 Å². The first-order chi connectivity index (χ1) is 15.2. The minimum atomic E-state index is -0.280. The maximum absolute atomic E-state index is 12.8. The van der Waals surface area contributed by atoms with Crippen molar-refractivity contribution in [1.82, 2.24) is 9.88 Å². The molecule has 2 amide bonds. The molecule has 160 valence electrons. The number of aromatic nitrogens is 1. The number of rotatable bonds is 4. The van der Waals surface area contributed by atoms with Gasteiger partial charge in [-0.15, -0.1) is 0 Å². The third-order valence-electron chi connectivity index (χ3n) is 6.35. The van der Waals surface area contributed by atoms with Crippen molar-refractivity contribution in [1.29, 1.82) is 0 Å². The molecule has 2 N–H and O–H groups in total. The largest absolute Gasteiger partial charge is 0.368 e. The Kier molecular flexibility index (Phi) is 5.47. The van der Waals surface area contributed by atoms with Crippen molar-refractivity contribution in [2.75, 3.05) is 25.0 Å². The van der Waals surface area contributed by atoms with Gasteiger partial charge in [-0.05, 0) is 49.9 Å². The number of piperidine rings is 1. The van der Waals surface area contributed by atoms with Gasteiger partial charge in [0.25, 0.3) is 5.91 Å². The number of benzene rings is 2. The van der Waals surface area contributed by atoms with Crippen molar-refractivity contribution in [3.63, 3.8) is 0 Å². The van der Waals surface area contributed by atoms with Crippen molar-refractivity contribution < 1.29 is 14.3 Å². The maximum atomic E-state index is 12.8. The summed E-state index contributed by atoms with van der Waals surface area (Å²) in [5.74, 6) is 0.0330. The molecule has 1 aromatic heterocycles. The fraction of sp³-hybridized carbons (Fsp3) is 0.360. The molecular formula is C25H27N3O3. The van der Waals surface area contributed by atoms with Gasteiger partial charge in [0.1, 0.15) is 6.10 Å². The second kappa shape index (κ2) is 8.55. The van der Waals surface area contributed by atoms with E-state index in [-0.39, 0.29) is 23.8 Å². The number of amides is 2. The average molecular weight is 418 g/mol. The lowest BCUT2D eigenvalue weighted by molar-refractivity contribution is -0.143. The van der Waals surface area contributed by atoms with E-state index < -0.39 is 0 Å². The molecule has 6 nitrogen and oxygen atoms in total. The van der Waals surface area contributed by atoms with E-state index in [4.69, 9.17) is 4.74 Å². The highest BCUT2D eigenvalue weighted by Crippen LogP contribution is 2.27. The van der Waals surface area contributed by atoms with Gasteiger partial charge in [0.05, 0.1) is 0 Å². The molecule has 2 saturated heterocycles. The molecule has 5 rings (SSSR count). The molecule has 3 aromatic rings. The predicted octanol–water partition coefficient (Wildman–Crippen LogP) is 4.19. The van der Waals surface area contributed by atoms with Crippen LogP contribution in [0.25, 0.3) is 22.2 Å². The highest BCUT2D eigenvalue weighted by Gasteiger charge is 2.32. The predicted molar refractivity (Wildman–Crippen MR) is 121 cm³/mol. The average Bonchev–Trinajstić information content (AvgIpc) is 3.49. The van der Waals surface area contributed by atoms with Crippen LogP contribution in [-0.4, -0.2) is 47.5 Å². The molecule has 2 aliphatic rings. The Morgan fingerprint density at radius 2 is 1.84 bits per heavy atom. The first kappa shape index (κ1) is 19.8. The smallest absolute Gasteiger partial charge is 0.251 e. The number of carbonyl (C=O) groups is 2. The summed E-state index contributed by atoms with van der Waals surface area (Å²) in [6.45, 7) is 1.91. The van der Waals surface area contributed by atoms with Crippen LogP contribution < -0.4 is 5.32 Å². The first-order valence-electron chi connectivity index (χ1n) is 11.1. The number of likely N-dealkylation sites (tertiary alicyclic amines) is 1. The lowest BCUT2D eigenvalue weighted by atomic mass is 9.95. The van der Waals surface area contributed by atoms with Crippen LogP contribution in [0.3, 0.4) is 0 Å². The van der Waals surface area contributed by atoms with E-state index in [9.17, 15) is 9.59 Å². The van der Waals surface area contributed by atoms with Gasteiger partial charge in [-0.1, -0.05) is 30.3 Å². The summed E-state index contributed by atoms with van der Waals surface area (Å²) >= 11 is 0. The van der Waals surface area contributed by atoms with E-state index in [2.05, 4.69) is 28.5 Å². The molecule has 1 atom stereocenters. The Balaban J connectivity index is 1.21. The molecule has 0 aliphatic carbocycles. The van der Waals surface area contributed by atoms with E-state index in [0.717, 1.165) is 40.7 Å². The van der Waals surface area contributed by atoms with Crippen molar-refractivity contribution in [2.45, 2.75) is 31.8 Å². The van der Waals surface area contributed by atoms with E-state index in [0.29, 0.717) is 32.5 Å². The third-order valence-corrected chi connectivity index (χ3v) is 6.35. The van der Waals surface area contributed by atoms with Crippen LogP contribution in [0.2, 0.25) is 0 Å². The standard InChI is InChI=1S/C25H27N3O3/c29-24(17-10-12-28(13-11-17)25(30)23-9-4-14-31-23)26-20-7-3-6-18(15-20)22-16-19-5-1-2-8-21(19)27-22/h1-3,5-8,15-17,23,27H,4,9-14H2,(H,26,29)/t23-/m0/s1. The van der Waals surface area contributed by atoms with Gasteiger partial charge >= 0.3 is 0 Å². The molecule has 0 saturated carbocycles. The Labute approximate surface area is 181 Å². The monoisotopic (exact) mass is 417 g/mol. The van der Waals surface area contributed by atoms with Crippen LogP contribution >= 0.6 is 0 Å². The van der Waals surface area contributed by atoms with Crippen LogP contribution in [0.4, 0.5) is 5.69 Å². The van der Waals surface area contributed by atoms with E-state index in [1.165, 1.54) is 0 Å². The number of aromatic amines is 1. The number of nitrogens with one attached hydrogen (secondary N) is 2. The van der Waals surface area contributed by atoms with Gasteiger partial charge in [0.15, 0.2) is 0 Å². The van der Waals surface area contributed by atoms with Gasteiger partial charge < -0.3 is 19.9 Å². The summed E-state index contributed by atoms with van der Waals surface area (Å²) in [5, 5.41) is 4.24. The molecule has 0 spiro atoms. The van der Waals surface area contributed by atoms with Crippen molar-refractivity contribution in [2.24, 2.45) is 5.92 Å². The highest BCUT2D eigenvalue weighted by molar-refractivity contribution is 5.94. The van der Waals surface area contributed by atoms with Crippen molar-refractivity contribution in [3.8, 4) is 11.3 Å². The van der Waals surface area contributed by atoms with E-state index >= 15 is 0 Å². The van der Waals surface area contributed by atoms with Crippen LogP contribution in [0, 0.1) is 5.92 Å². The second-order valence-corrected chi connectivity index (χ2v) is 8.44. The van der Waals surface area contributed by atoms with Crippen LogP contribution in [0.1, 0.15) is 25.7 Å². The Bertz CT molecular complexity index is 1060. The zero-order valence-corrected chi connectivity index (χ0v) is 17.5. The lowest BCUT2D eigenvalue weighted by Crippen LogP contribution is -2.45. The molecule has 2 aromatic carbocycles. The topological polar surface area (TPSA) is 74.4 Å². The molecule has 31 heavy (non-hydrogen) atoms. The Hall–Kier alpha value is -3.12. The number of anilines is 1. The zero-order chi connectivity index (χ0) is 21.2. The number of hydrogen-bond acceptors (Lipinski definition) is 3. The minimum absolute atomic E-state index is 0.0259. The zero-order valence-electron chi connectivity index (χ0n) is 17.5. The summed E-state index contributed by atoms with van der Waals surface area (Å²) in [6.07, 6.45) is 2.86. The van der Waals surface area contributed by atoms with E-state index in [1.807, 2.05) is 41.3 Å². The minimum Gasteiger partial charge on any atom is -0.368 e. The highest BCUT2D eigenvalue weighted by atomic mass is 16.5. The number of hydrogen-bond donors (Lipinski definition) is 2. The first-order valence-corrected chi connectivity index (χ1v) is 11.1. The normalized spacial score (nSPS) is 19.6. The molecule has 2 aliphatic heterocycles. The van der Waals surface area contributed by atoms with Gasteiger partial charge in [-0.2, -0.15) is 0 Å². The second-order valence-electron chi connectivity index (χ2n) is 8.44. The molecule has 0 radical (unpaired) electrons. The molecule has 2 fully saturated rings. The van der Waals surface area contributed by atoms with Crippen LogP contribution in [-0.2, 0) is 14.3 Å². The number of H-pyrrole nitrogens is 1. The summed E-state index contributed by atoms with van der Waals surface area (Å²) in [5.41, 5.74) is 3.94. The van der Waals surface area contributed by atoms with Gasteiger partial charge in [-0.3, -0.25) is 9.59 Å². The molecule has 3 heterocycles. The quantitative estimate of drug-likeness (QED) is 0.668. The molecule has 0 unspecified atom stereocenters. The summed E-state index contributed by atoms with van der Waals surface area (Å²) in [6, 6.07) is 18.2. The Morgan fingerprint density at radius 3 is 2.61 bits per heavy atom. The third kappa shape index (κ3) is 4.21. The Morgan fingerprint density at radius 1 is 1.00 bits per heavy atom. The van der Waals surface area contributed by atoms with E-state index in [1.54, 1.807) is 0 Å². The van der Waals surface area contributed by atoms with Gasteiger partial charge in [0, 0.05) is 53.5 Å². The summed E-state index contributed by atoms with van der Waals surface area (Å²) < 4.78 is 5.52. The van der Waals surface area contributed by atoms with Crippen LogP contribution in [0.5, 0.6) is 0 Å². The fourth-order valence-electron chi connectivity index (χ4n) is 4.58. The molecule has 0 bridgehead atoms. The molecule has 6 heteroatoms. The number of para-hydroxylation sites is 1. The number of ether oxygens (including phenoxy) is 1. The lowest BCUT2D eigenvalue weighted by Gasteiger charge is -2.32. The van der Waals surface area contributed by atoms with Gasteiger partial charge in [-0.25, -0.2) is 0 Å². The van der Waals surface area contributed by atoms with Crippen molar-refractivity contribution >= 4 is 28.4 Å². The maximum Gasteiger partial charge on any atom is 0.251 e.